The van der Waals surface area contributed by atoms with Gasteiger partial charge >= 0.3 is 0 Å². The lowest BCUT2D eigenvalue weighted by Gasteiger charge is -2.09. The van der Waals surface area contributed by atoms with Gasteiger partial charge in [-0.25, -0.2) is 0 Å². The molecular formula is C22H22N2S. The molecule has 0 aliphatic rings. The van der Waals surface area contributed by atoms with Crippen molar-refractivity contribution >= 4 is 16.9 Å². The Bertz CT molecular complexity index is 812. The standard InChI is InChI=1S/C22H22N2S/c1-17(19-8-4-2-5-9-19)24-22(23)25-16-18-12-14-21(15-13-18)20-10-6-3-7-11-20/h2-15,17H,16H2,1H3,(H2,23,24)/t17-/m1/s1. The Labute approximate surface area is 153 Å². The van der Waals surface area contributed by atoms with Gasteiger partial charge in [-0.3, -0.25) is 4.99 Å². The largest absolute Gasteiger partial charge is 0.379 e. The Morgan fingerprint density at radius 1 is 0.840 bits per heavy atom. The molecule has 1 atom stereocenters. The van der Waals surface area contributed by atoms with E-state index < -0.39 is 0 Å². The fourth-order valence-corrected chi connectivity index (χ4v) is 3.36. The van der Waals surface area contributed by atoms with Crippen molar-refractivity contribution in [1.82, 2.24) is 0 Å². The first-order valence-electron chi connectivity index (χ1n) is 8.38. The number of rotatable bonds is 5. The van der Waals surface area contributed by atoms with Crippen LogP contribution in [0, 0.1) is 0 Å². The molecule has 0 fully saturated rings. The molecule has 0 amide bonds. The van der Waals surface area contributed by atoms with Crippen molar-refractivity contribution in [1.29, 1.82) is 0 Å². The second-order valence-electron chi connectivity index (χ2n) is 5.91. The van der Waals surface area contributed by atoms with Gasteiger partial charge in [0.05, 0.1) is 6.04 Å². The molecule has 0 saturated heterocycles. The van der Waals surface area contributed by atoms with Crippen molar-refractivity contribution in [3.63, 3.8) is 0 Å². The number of hydrogen-bond donors (Lipinski definition) is 1. The van der Waals surface area contributed by atoms with E-state index in [1.54, 1.807) is 11.8 Å². The third-order valence-corrected chi connectivity index (χ3v) is 4.93. The Morgan fingerprint density at radius 3 is 2.04 bits per heavy atom. The van der Waals surface area contributed by atoms with Crippen molar-refractivity contribution in [2.45, 2.75) is 18.7 Å². The number of amidine groups is 1. The minimum atomic E-state index is 0.0779. The fraction of sp³-hybridized carbons (Fsp3) is 0.136. The summed E-state index contributed by atoms with van der Waals surface area (Å²) in [6, 6.07) is 29.3. The Morgan fingerprint density at radius 2 is 1.40 bits per heavy atom. The highest BCUT2D eigenvalue weighted by Gasteiger charge is 2.04. The van der Waals surface area contributed by atoms with E-state index in [-0.39, 0.29) is 6.04 Å². The van der Waals surface area contributed by atoms with Gasteiger partial charge in [-0.1, -0.05) is 96.7 Å². The number of nitrogens with two attached hydrogens (primary N) is 1. The van der Waals surface area contributed by atoms with Gasteiger partial charge in [0.2, 0.25) is 0 Å². The van der Waals surface area contributed by atoms with Gasteiger partial charge in [-0.05, 0) is 29.2 Å². The molecule has 0 spiro atoms. The van der Waals surface area contributed by atoms with Gasteiger partial charge in [-0.2, -0.15) is 0 Å². The Hall–Kier alpha value is -2.52. The number of benzene rings is 3. The average molecular weight is 346 g/mol. The van der Waals surface area contributed by atoms with Gasteiger partial charge in [-0.15, -0.1) is 0 Å². The minimum absolute atomic E-state index is 0.0779. The molecule has 3 aromatic carbocycles. The number of aliphatic imine (C=N–C) groups is 1. The van der Waals surface area contributed by atoms with Gasteiger partial charge < -0.3 is 5.73 Å². The number of nitrogens with zero attached hydrogens (tertiary/aromatic N) is 1. The van der Waals surface area contributed by atoms with Crippen LogP contribution in [0.4, 0.5) is 0 Å². The lowest BCUT2D eigenvalue weighted by atomic mass is 10.0. The van der Waals surface area contributed by atoms with E-state index in [1.165, 1.54) is 22.3 Å². The third-order valence-electron chi connectivity index (χ3n) is 4.05. The van der Waals surface area contributed by atoms with Crippen LogP contribution in [0.2, 0.25) is 0 Å². The van der Waals surface area contributed by atoms with Gasteiger partial charge in [0.25, 0.3) is 0 Å². The summed E-state index contributed by atoms with van der Waals surface area (Å²) in [4.78, 5) is 4.58. The highest BCUT2D eigenvalue weighted by molar-refractivity contribution is 8.13. The minimum Gasteiger partial charge on any atom is -0.379 e. The molecule has 0 bridgehead atoms. The summed E-state index contributed by atoms with van der Waals surface area (Å²) >= 11 is 1.58. The van der Waals surface area contributed by atoms with E-state index in [1.807, 2.05) is 24.3 Å². The number of thioether (sulfide) groups is 1. The van der Waals surface area contributed by atoms with E-state index in [0.717, 1.165) is 5.75 Å². The SMILES string of the molecule is C[C@@H](N=C(N)SCc1ccc(-c2ccccc2)cc1)c1ccccc1. The van der Waals surface area contributed by atoms with Crippen LogP contribution in [-0.4, -0.2) is 5.17 Å². The zero-order chi connectivity index (χ0) is 17.5. The predicted molar refractivity (Wildman–Crippen MR) is 110 cm³/mol. The lowest BCUT2D eigenvalue weighted by molar-refractivity contribution is 0.822. The summed E-state index contributed by atoms with van der Waals surface area (Å²) in [7, 11) is 0. The van der Waals surface area contributed by atoms with Crippen LogP contribution >= 0.6 is 11.8 Å². The molecule has 2 N–H and O–H groups in total. The summed E-state index contributed by atoms with van der Waals surface area (Å²) in [5.74, 6) is 0.825. The van der Waals surface area contributed by atoms with Crippen molar-refractivity contribution in [3.05, 3.63) is 96.1 Å². The molecule has 3 heteroatoms. The second-order valence-corrected chi connectivity index (χ2v) is 6.90. The van der Waals surface area contributed by atoms with Crippen LogP contribution in [-0.2, 0) is 5.75 Å². The summed E-state index contributed by atoms with van der Waals surface area (Å²) < 4.78 is 0. The van der Waals surface area contributed by atoms with Gasteiger partial charge in [0, 0.05) is 5.75 Å². The molecule has 0 aliphatic carbocycles. The summed E-state index contributed by atoms with van der Waals surface area (Å²) in [5.41, 5.74) is 11.0. The van der Waals surface area contributed by atoms with E-state index in [4.69, 9.17) is 5.73 Å². The van der Waals surface area contributed by atoms with Crippen LogP contribution in [0.1, 0.15) is 24.1 Å². The molecule has 2 nitrogen and oxygen atoms in total. The van der Waals surface area contributed by atoms with Crippen LogP contribution in [0.5, 0.6) is 0 Å². The van der Waals surface area contributed by atoms with Crippen molar-refractivity contribution < 1.29 is 0 Å². The summed E-state index contributed by atoms with van der Waals surface area (Å²) in [5, 5.41) is 0.628. The third kappa shape index (κ3) is 4.97. The molecule has 0 heterocycles. The fourth-order valence-electron chi connectivity index (χ4n) is 2.62. The van der Waals surface area contributed by atoms with E-state index in [9.17, 15) is 0 Å². The van der Waals surface area contributed by atoms with Crippen molar-refractivity contribution in [3.8, 4) is 11.1 Å². The first kappa shape index (κ1) is 17.3. The van der Waals surface area contributed by atoms with E-state index >= 15 is 0 Å². The Kier molecular flexibility index (Phi) is 5.91. The van der Waals surface area contributed by atoms with Crippen LogP contribution in [0.25, 0.3) is 11.1 Å². The van der Waals surface area contributed by atoms with Crippen LogP contribution < -0.4 is 5.73 Å². The zero-order valence-corrected chi connectivity index (χ0v) is 15.1. The molecule has 0 aliphatic heterocycles. The van der Waals surface area contributed by atoms with Gasteiger partial charge in [0.1, 0.15) is 0 Å². The van der Waals surface area contributed by atoms with E-state index in [2.05, 4.69) is 72.6 Å². The van der Waals surface area contributed by atoms with Crippen LogP contribution in [0.3, 0.4) is 0 Å². The normalized spacial score (nSPS) is 12.8. The summed E-state index contributed by atoms with van der Waals surface area (Å²) in [6.07, 6.45) is 0. The van der Waals surface area contributed by atoms with E-state index in [0.29, 0.717) is 5.17 Å². The maximum atomic E-state index is 6.09. The van der Waals surface area contributed by atoms with Gasteiger partial charge in [0.15, 0.2) is 5.17 Å². The molecule has 0 saturated carbocycles. The highest BCUT2D eigenvalue weighted by atomic mass is 32.2. The zero-order valence-electron chi connectivity index (χ0n) is 14.3. The molecule has 0 aromatic heterocycles. The maximum absolute atomic E-state index is 6.09. The smallest absolute Gasteiger partial charge is 0.154 e. The molecule has 126 valence electrons. The first-order chi connectivity index (χ1) is 12.2. The number of hydrogen-bond acceptors (Lipinski definition) is 2. The van der Waals surface area contributed by atoms with Crippen molar-refractivity contribution in [2.24, 2.45) is 10.7 Å². The molecular weight excluding hydrogens is 324 g/mol. The lowest BCUT2D eigenvalue weighted by Crippen LogP contribution is -2.08. The van der Waals surface area contributed by atoms with Crippen molar-refractivity contribution in [2.75, 3.05) is 0 Å². The quantitative estimate of drug-likeness (QED) is 0.478. The average Bonchev–Trinajstić information content (AvgIpc) is 2.68. The first-order valence-corrected chi connectivity index (χ1v) is 9.36. The second kappa shape index (κ2) is 8.54. The monoisotopic (exact) mass is 346 g/mol. The van der Waals surface area contributed by atoms with Crippen LogP contribution in [0.15, 0.2) is 89.9 Å². The maximum Gasteiger partial charge on any atom is 0.154 e. The topological polar surface area (TPSA) is 38.4 Å². The highest BCUT2D eigenvalue weighted by Crippen LogP contribution is 2.22. The molecule has 0 radical (unpaired) electrons. The predicted octanol–water partition coefficient (Wildman–Crippen LogP) is 5.66. The molecule has 25 heavy (non-hydrogen) atoms. The molecule has 3 rings (SSSR count). The molecule has 3 aromatic rings. The molecule has 0 unspecified atom stereocenters. The summed E-state index contributed by atoms with van der Waals surface area (Å²) in [6.45, 7) is 2.07. The Balaban J connectivity index is 1.59.